The van der Waals surface area contributed by atoms with Crippen LogP contribution in [0.25, 0.3) is 0 Å². The van der Waals surface area contributed by atoms with Gasteiger partial charge in [0.25, 0.3) is 0 Å². The van der Waals surface area contributed by atoms with E-state index in [9.17, 15) is 0 Å². The molecule has 1 aromatic heterocycles. The molecule has 94 valence electrons. The molecule has 2 atom stereocenters. The number of anilines is 1. The molecule has 1 heterocycles. The maximum atomic E-state index is 5.85. The van der Waals surface area contributed by atoms with E-state index in [-0.39, 0.29) is 0 Å². The highest BCUT2D eigenvalue weighted by molar-refractivity contribution is 5.42. The maximum Gasteiger partial charge on any atom is 0.0393 e. The highest BCUT2D eigenvalue weighted by atomic mass is 14.9. The minimum atomic E-state index is 0.708. The third kappa shape index (κ3) is 3.43. The Balaban J connectivity index is 1.88. The van der Waals surface area contributed by atoms with Crippen LogP contribution >= 0.6 is 0 Å². The molecule has 1 aromatic rings. The van der Waals surface area contributed by atoms with Gasteiger partial charge in [0.05, 0.1) is 0 Å². The molecule has 0 saturated heterocycles. The quantitative estimate of drug-likeness (QED) is 0.840. The molecule has 2 rings (SSSR count). The van der Waals surface area contributed by atoms with Crippen molar-refractivity contribution in [1.82, 2.24) is 4.98 Å². The molecule has 3 heteroatoms. The summed E-state index contributed by atoms with van der Waals surface area (Å²) < 4.78 is 0. The first kappa shape index (κ1) is 12.4. The number of hydrogen-bond donors (Lipinski definition) is 2. The molecule has 0 radical (unpaired) electrons. The van der Waals surface area contributed by atoms with Gasteiger partial charge in [0.15, 0.2) is 0 Å². The van der Waals surface area contributed by atoms with Crippen LogP contribution in [-0.2, 0) is 0 Å². The number of nitrogens with zero attached hydrogens (tertiary/aromatic N) is 1. The fraction of sp³-hybridized carbons (Fsp3) is 0.643. The van der Waals surface area contributed by atoms with Crippen LogP contribution in [0.4, 0.5) is 5.69 Å². The Morgan fingerprint density at radius 3 is 2.82 bits per heavy atom. The van der Waals surface area contributed by atoms with E-state index in [0.717, 1.165) is 24.7 Å². The van der Waals surface area contributed by atoms with Gasteiger partial charge in [-0.25, -0.2) is 0 Å². The lowest BCUT2D eigenvalue weighted by molar-refractivity contribution is 0.255. The summed E-state index contributed by atoms with van der Waals surface area (Å²) in [5, 5.41) is 3.52. The van der Waals surface area contributed by atoms with E-state index in [2.05, 4.69) is 16.4 Å². The van der Waals surface area contributed by atoms with Crippen LogP contribution in [-0.4, -0.2) is 18.1 Å². The average Bonchev–Trinajstić information content (AvgIpc) is 2.37. The number of nitrogens with one attached hydrogen (secondary N) is 1. The Kier molecular flexibility index (Phi) is 4.37. The smallest absolute Gasteiger partial charge is 0.0393 e. The van der Waals surface area contributed by atoms with Gasteiger partial charge in [-0.2, -0.15) is 0 Å². The molecule has 1 aliphatic carbocycles. The van der Waals surface area contributed by atoms with Crippen LogP contribution in [0.5, 0.6) is 0 Å². The van der Waals surface area contributed by atoms with Crippen LogP contribution in [0.2, 0.25) is 0 Å². The van der Waals surface area contributed by atoms with E-state index >= 15 is 0 Å². The molecular weight excluding hydrogens is 210 g/mol. The standard InChI is InChI=1S/C14H23N3/c1-11-8-14(6-7-16-11)17-10-13-5-3-2-4-12(13)9-15/h6-8,12-13H,2-5,9-10,15H2,1H3,(H,16,17). The monoisotopic (exact) mass is 233 g/mol. The van der Waals surface area contributed by atoms with E-state index in [1.165, 1.54) is 31.4 Å². The number of aromatic nitrogens is 1. The number of hydrogen-bond acceptors (Lipinski definition) is 3. The molecule has 0 spiro atoms. The minimum absolute atomic E-state index is 0.708. The Labute approximate surface area is 104 Å². The van der Waals surface area contributed by atoms with Gasteiger partial charge in [0, 0.05) is 24.1 Å². The van der Waals surface area contributed by atoms with Crippen molar-refractivity contribution in [1.29, 1.82) is 0 Å². The summed E-state index contributed by atoms with van der Waals surface area (Å²) >= 11 is 0. The Morgan fingerprint density at radius 2 is 2.12 bits per heavy atom. The van der Waals surface area contributed by atoms with Gasteiger partial charge < -0.3 is 11.1 Å². The normalized spacial score (nSPS) is 24.6. The van der Waals surface area contributed by atoms with Crippen molar-refractivity contribution in [2.75, 3.05) is 18.4 Å². The Bertz CT molecular complexity index is 351. The lowest BCUT2D eigenvalue weighted by atomic mass is 9.79. The van der Waals surface area contributed by atoms with E-state index in [1.54, 1.807) is 0 Å². The predicted molar refractivity (Wildman–Crippen MR) is 72.0 cm³/mol. The number of nitrogens with two attached hydrogens (primary N) is 1. The van der Waals surface area contributed by atoms with Gasteiger partial charge in [0.1, 0.15) is 0 Å². The molecule has 1 saturated carbocycles. The fourth-order valence-electron chi connectivity index (χ4n) is 2.77. The van der Waals surface area contributed by atoms with E-state index in [0.29, 0.717) is 5.92 Å². The molecule has 3 N–H and O–H groups in total. The van der Waals surface area contributed by atoms with Crippen molar-refractivity contribution < 1.29 is 0 Å². The first-order valence-electron chi connectivity index (χ1n) is 6.66. The van der Waals surface area contributed by atoms with Gasteiger partial charge in [-0.05, 0) is 50.3 Å². The summed E-state index contributed by atoms with van der Waals surface area (Å²) in [5.74, 6) is 1.45. The van der Waals surface area contributed by atoms with Gasteiger partial charge in [0.2, 0.25) is 0 Å². The van der Waals surface area contributed by atoms with E-state index in [1.807, 2.05) is 19.2 Å². The SMILES string of the molecule is Cc1cc(NCC2CCCCC2CN)ccn1. The summed E-state index contributed by atoms with van der Waals surface area (Å²) in [6.07, 6.45) is 7.20. The molecule has 1 aliphatic rings. The molecule has 0 bridgehead atoms. The first-order chi connectivity index (χ1) is 8.29. The number of rotatable bonds is 4. The number of aryl methyl sites for hydroxylation is 1. The zero-order valence-corrected chi connectivity index (χ0v) is 10.7. The van der Waals surface area contributed by atoms with Crippen molar-refractivity contribution in [3.63, 3.8) is 0 Å². The molecule has 1 fully saturated rings. The highest BCUT2D eigenvalue weighted by Crippen LogP contribution is 2.29. The average molecular weight is 233 g/mol. The molecular formula is C14H23N3. The third-order valence-electron chi connectivity index (χ3n) is 3.83. The van der Waals surface area contributed by atoms with Crippen LogP contribution in [0.3, 0.4) is 0 Å². The van der Waals surface area contributed by atoms with Crippen molar-refractivity contribution in [2.45, 2.75) is 32.6 Å². The van der Waals surface area contributed by atoms with Crippen LogP contribution in [0.1, 0.15) is 31.4 Å². The zero-order valence-electron chi connectivity index (χ0n) is 10.7. The largest absolute Gasteiger partial charge is 0.385 e. The molecule has 3 nitrogen and oxygen atoms in total. The van der Waals surface area contributed by atoms with Crippen LogP contribution < -0.4 is 11.1 Å². The summed E-state index contributed by atoms with van der Waals surface area (Å²) in [6.45, 7) is 3.90. The summed E-state index contributed by atoms with van der Waals surface area (Å²) in [4.78, 5) is 4.21. The lowest BCUT2D eigenvalue weighted by Crippen LogP contribution is -2.31. The van der Waals surface area contributed by atoms with Gasteiger partial charge in [-0.3, -0.25) is 4.98 Å². The van der Waals surface area contributed by atoms with E-state index in [4.69, 9.17) is 5.73 Å². The first-order valence-corrected chi connectivity index (χ1v) is 6.66. The van der Waals surface area contributed by atoms with Crippen molar-refractivity contribution in [3.05, 3.63) is 24.0 Å². The fourth-order valence-corrected chi connectivity index (χ4v) is 2.77. The van der Waals surface area contributed by atoms with E-state index < -0.39 is 0 Å². The second-order valence-corrected chi connectivity index (χ2v) is 5.11. The topological polar surface area (TPSA) is 50.9 Å². The van der Waals surface area contributed by atoms with Crippen LogP contribution in [0.15, 0.2) is 18.3 Å². The Morgan fingerprint density at radius 1 is 1.35 bits per heavy atom. The zero-order chi connectivity index (χ0) is 12.1. The number of pyridine rings is 1. The summed E-state index contributed by atoms with van der Waals surface area (Å²) in [5.41, 5.74) is 8.09. The summed E-state index contributed by atoms with van der Waals surface area (Å²) in [7, 11) is 0. The van der Waals surface area contributed by atoms with Crippen molar-refractivity contribution >= 4 is 5.69 Å². The third-order valence-corrected chi connectivity index (χ3v) is 3.83. The van der Waals surface area contributed by atoms with Crippen molar-refractivity contribution in [3.8, 4) is 0 Å². The van der Waals surface area contributed by atoms with Gasteiger partial charge in [-0.15, -0.1) is 0 Å². The lowest BCUT2D eigenvalue weighted by Gasteiger charge is -2.31. The molecule has 0 amide bonds. The predicted octanol–water partition coefficient (Wildman–Crippen LogP) is 2.57. The molecule has 0 aromatic carbocycles. The Hall–Kier alpha value is -1.09. The molecule has 2 unspecified atom stereocenters. The molecule has 0 aliphatic heterocycles. The second-order valence-electron chi connectivity index (χ2n) is 5.11. The van der Waals surface area contributed by atoms with Gasteiger partial charge >= 0.3 is 0 Å². The van der Waals surface area contributed by atoms with Gasteiger partial charge in [-0.1, -0.05) is 12.8 Å². The second kappa shape index (κ2) is 6.01. The minimum Gasteiger partial charge on any atom is -0.385 e. The summed E-state index contributed by atoms with van der Waals surface area (Å²) in [6, 6.07) is 4.13. The van der Waals surface area contributed by atoms with Crippen molar-refractivity contribution in [2.24, 2.45) is 17.6 Å². The van der Waals surface area contributed by atoms with Crippen LogP contribution in [0, 0.1) is 18.8 Å². The highest BCUT2D eigenvalue weighted by Gasteiger charge is 2.23. The maximum absolute atomic E-state index is 5.85. The molecule has 17 heavy (non-hydrogen) atoms.